The minimum absolute atomic E-state index is 0.0425. The molecule has 1 heterocycles. The number of ether oxygens (including phenoxy) is 2. The number of hydrogen-bond donors (Lipinski definition) is 2. The number of likely N-dealkylation sites (N-methyl/N-ethyl adjacent to an activating group) is 1. The quantitative estimate of drug-likeness (QED) is 0.818. The first kappa shape index (κ1) is 18.1. The Kier molecular flexibility index (Phi) is 6.03. The summed E-state index contributed by atoms with van der Waals surface area (Å²) < 4.78 is 10.5. The number of amides is 1. The Morgan fingerprint density at radius 1 is 1.29 bits per heavy atom. The molecular weight excluding hydrogens is 312 g/mol. The molecule has 1 aromatic carbocycles. The van der Waals surface area contributed by atoms with Crippen molar-refractivity contribution in [3.8, 4) is 11.5 Å². The third kappa shape index (κ3) is 3.79. The van der Waals surface area contributed by atoms with Crippen molar-refractivity contribution in [2.75, 3.05) is 27.8 Å². The summed E-state index contributed by atoms with van der Waals surface area (Å²) in [5, 5.41) is 12.2. The molecule has 0 spiro atoms. The van der Waals surface area contributed by atoms with E-state index in [2.05, 4.69) is 5.32 Å². The number of rotatable bonds is 6. The summed E-state index contributed by atoms with van der Waals surface area (Å²) in [5.41, 5.74) is 0.689. The first-order valence-corrected chi connectivity index (χ1v) is 7.95. The first-order chi connectivity index (χ1) is 11.5. The van der Waals surface area contributed by atoms with Crippen molar-refractivity contribution >= 4 is 11.9 Å². The molecular formula is C17H24N2O5. The van der Waals surface area contributed by atoms with Crippen molar-refractivity contribution in [2.45, 2.75) is 31.8 Å². The molecule has 2 N–H and O–H groups in total. The van der Waals surface area contributed by atoms with Crippen LogP contribution in [0.1, 0.15) is 35.2 Å². The maximum atomic E-state index is 12.1. The predicted molar refractivity (Wildman–Crippen MR) is 88.6 cm³/mol. The SMILES string of the molecule is CNC(=O)C1CCCCN1Cc1c(OC)cc(OC)cc1C(=O)O. The van der Waals surface area contributed by atoms with Gasteiger partial charge in [-0.2, -0.15) is 0 Å². The fraction of sp³-hybridized carbons (Fsp3) is 0.529. The fourth-order valence-corrected chi connectivity index (χ4v) is 3.12. The lowest BCUT2D eigenvalue weighted by Gasteiger charge is -2.35. The molecule has 1 aromatic rings. The number of carbonyl (C=O) groups excluding carboxylic acids is 1. The highest BCUT2D eigenvalue weighted by Gasteiger charge is 2.30. The van der Waals surface area contributed by atoms with E-state index in [1.54, 1.807) is 13.1 Å². The molecule has 0 saturated carbocycles. The number of methoxy groups -OCH3 is 2. The molecule has 1 amide bonds. The first-order valence-electron chi connectivity index (χ1n) is 7.95. The van der Waals surface area contributed by atoms with Crippen LogP contribution in [0.15, 0.2) is 12.1 Å². The highest BCUT2D eigenvalue weighted by Crippen LogP contribution is 2.31. The molecule has 2 rings (SSSR count). The number of carbonyl (C=O) groups is 2. The van der Waals surface area contributed by atoms with E-state index in [9.17, 15) is 14.7 Å². The van der Waals surface area contributed by atoms with Gasteiger partial charge < -0.3 is 19.9 Å². The number of carboxylic acids is 1. The summed E-state index contributed by atoms with van der Waals surface area (Å²) in [5.74, 6) is -0.211. The number of nitrogens with one attached hydrogen (secondary N) is 1. The number of aromatic carboxylic acids is 1. The molecule has 0 aliphatic carbocycles. The Morgan fingerprint density at radius 3 is 2.62 bits per heavy atom. The molecule has 7 nitrogen and oxygen atoms in total. The highest BCUT2D eigenvalue weighted by molar-refractivity contribution is 5.91. The second kappa shape index (κ2) is 8.01. The van der Waals surface area contributed by atoms with E-state index >= 15 is 0 Å². The average Bonchev–Trinajstić information content (AvgIpc) is 2.61. The van der Waals surface area contributed by atoms with E-state index in [1.807, 2.05) is 4.90 Å². The topological polar surface area (TPSA) is 88.1 Å². The summed E-state index contributed by atoms with van der Waals surface area (Å²) >= 11 is 0. The van der Waals surface area contributed by atoms with E-state index in [0.29, 0.717) is 23.6 Å². The third-order valence-electron chi connectivity index (χ3n) is 4.39. The third-order valence-corrected chi connectivity index (χ3v) is 4.39. The zero-order valence-corrected chi connectivity index (χ0v) is 14.3. The average molecular weight is 336 g/mol. The van der Waals surface area contributed by atoms with E-state index < -0.39 is 5.97 Å². The second-order valence-electron chi connectivity index (χ2n) is 5.76. The number of piperidine rings is 1. The van der Waals surface area contributed by atoms with Gasteiger partial charge in [0.25, 0.3) is 0 Å². The molecule has 132 valence electrons. The summed E-state index contributed by atoms with van der Waals surface area (Å²) in [6, 6.07) is 2.90. The number of nitrogens with zero attached hydrogens (tertiary/aromatic N) is 1. The lowest BCUT2D eigenvalue weighted by molar-refractivity contribution is -0.127. The Labute approximate surface area is 141 Å². The van der Waals surface area contributed by atoms with Gasteiger partial charge in [0.2, 0.25) is 5.91 Å². The minimum atomic E-state index is -1.05. The van der Waals surface area contributed by atoms with Crippen molar-refractivity contribution < 1.29 is 24.2 Å². The van der Waals surface area contributed by atoms with E-state index in [4.69, 9.17) is 9.47 Å². The van der Waals surface area contributed by atoms with Crippen LogP contribution >= 0.6 is 0 Å². The Bertz CT molecular complexity index is 617. The molecule has 1 aliphatic heterocycles. The Hall–Kier alpha value is -2.28. The van der Waals surface area contributed by atoms with Gasteiger partial charge >= 0.3 is 5.97 Å². The van der Waals surface area contributed by atoms with Crippen molar-refractivity contribution in [3.05, 3.63) is 23.3 Å². The van der Waals surface area contributed by atoms with Gasteiger partial charge in [-0.3, -0.25) is 9.69 Å². The van der Waals surface area contributed by atoms with Crippen LogP contribution in [-0.2, 0) is 11.3 Å². The van der Waals surface area contributed by atoms with Crippen LogP contribution in [0.4, 0.5) is 0 Å². The molecule has 1 saturated heterocycles. The van der Waals surface area contributed by atoms with Gasteiger partial charge in [0.15, 0.2) is 0 Å². The van der Waals surface area contributed by atoms with Gasteiger partial charge in [-0.15, -0.1) is 0 Å². The number of hydrogen-bond acceptors (Lipinski definition) is 5. The monoisotopic (exact) mass is 336 g/mol. The van der Waals surface area contributed by atoms with E-state index in [0.717, 1.165) is 25.8 Å². The Morgan fingerprint density at radius 2 is 2.04 bits per heavy atom. The molecule has 1 fully saturated rings. The normalized spacial score (nSPS) is 18.0. The van der Waals surface area contributed by atoms with Crippen LogP contribution in [0.3, 0.4) is 0 Å². The van der Waals surface area contributed by atoms with Crippen LogP contribution < -0.4 is 14.8 Å². The van der Waals surface area contributed by atoms with Gasteiger partial charge in [-0.05, 0) is 25.5 Å². The second-order valence-corrected chi connectivity index (χ2v) is 5.76. The molecule has 0 radical (unpaired) electrons. The standard InChI is InChI=1S/C17H24N2O5/c1-18-16(20)14-6-4-5-7-19(14)10-13-12(17(21)22)8-11(23-2)9-15(13)24-3/h8-9,14H,4-7,10H2,1-3H3,(H,18,20)(H,21,22). The number of likely N-dealkylation sites (tertiary alicyclic amines) is 1. The molecule has 0 aromatic heterocycles. The molecule has 1 unspecified atom stereocenters. The summed E-state index contributed by atoms with van der Waals surface area (Å²) in [6.07, 6.45) is 2.73. The van der Waals surface area contributed by atoms with Crippen molar-refractivity contribution in [3.63, 3.8) is 0 Å². The lowest BCUT2D eigenvalue weighted by atomic mass is 9.98. The van der Waals surface area contributed by atoms with Crippen LogP contribution in [0.5, 0.6) is 11.5 Å². The zero-order valence-electron chi connectivity index (χ0n) is 14.3. The molecule has 1 atom stereocenters. The van der Waals surface area contributed by atoms with Crippen LogP contribution in [0, 0.1) is 0 Å². The highest BCUT2D eigenvalue weighted by atomic mass is 16.5. The predicted octanol–water partition coefficient (Wildman–Crippen LogP) is 1.50. The van der Waals surface area contributed by atoms with E-state index in [-0.39, 0.29) is 17.5 Å². The van der Waals surface area contributed by atoms with Gasteiger partial charge in [0, 0.05) is 25.2 Å². The zero-order chi connectivity index (χ0) is 17.7. The fourth-order valence-electron chi connectivity index (χ4n) is 3.12. The maximum absolute atomic E-state index is 12.1. The van der Waals surface area contributed by atoms with Crippen molar-refractivity contribution in [1.29, 1.82) is 0 Å². The van der Waals surface area contributed by atoms with Gasteiger partial charge in [-0.1, -0.05) is 6.42 Å². The molecule has 0 bridgehead atoms. The minimum Gasteiger partial charge on any atom is -0.497 e. The summed E-state index contributed by atoms with van der Waals surface area (Å²) in [7, 11) is 4.59. The molecule has 1 aliphatic rings. The van der Waals surface area contributed by atoms with E-state index in [1.165, 1.54) is 20.3 Å². The number of benzene rings is 1. The summed E-state index contributed by atoms with van der Waals surface area (Å²) in [6.45, 7) is 1.08. The van der Waals surface area contributed by atoms with Crippen molar-refractivity contribution in [2.24, 2.45) is 0 Å². The Balaban J connectivity index is 2.39. The van der Waals surface area contributed by atoms with Gasteiger partial charge in [0.1, 0.15) is 11.5 Å². The van der Waals surface area contributed by atoms with Crippen LogP contribution in [0.25, 0.3) is 0 Å². The molecule has 24 heavy (non-hydrogen) atoms. The van der Waals surface area contributed by atoms with Gasteiger partial charge in [-0.25, -0.2) is 4.79 Å². The number of carboxylic acid groups (broad SMARTS) is 1. The smallest absolute Gasteiger partial charge is 0.336 e. The van der Waals surface area contributed by atoms with Crippen LogP contribution in [0.2, 0.25) is 0 Å². The lowest BCUT2D eigenvalue weighted by Crippen LogP contribution is -2.48. The van der Waals surface area contributed by atoms with Crippen molar-refractivity contribution in [1.82, 2.24) is 10.2 Å². The van der Waals surface area contributed by atoms with Gasteiger partial charge in [0.05, 0.1) is 25.8 Å². The van der Waals surface area contributed by atoms with Crippen LogP contribution in [-0.4, -0.2) is 55.7 Å². The largest absolute Gasteiger partial charge is 0.497 e. The molecule has 7 heteroatoms. The maximum Gasteiger partial charge on any atom is 0.336 e. The summed E-state index contributed by atoms with van der Waals surface area (Å²) in [4.78, 5) is 25.8.